The summed E-state index contributed by atoms with van der Waals surface area (Å²) in [6.07, 6.45) is 2.47. The molecule has 1 saturated carbocycles. The van der Waals surface area contributed by atoms with Gasteiger partial charge in [-0.3, -0.25) is 4.68 Å². The zero-order chi connectivity index (χ0) is 11.0. The summed E-state index contributed by atoms with van der Waals surface area (Å²) in [6, 6.07) is 0. The lowest BCUT2D eigenvalue weighted by molar-refractivity contribution is 0.0595. The van der Waals surface area contributed by atoms with Crippen molar-refractivity contribution in [3.63, 3.8) is 0 Å². The van der Waals surface area contributed by atoms with Gasteiger partial charge in [0.1, 0.15) is 11.8 Å². The molecule has 1 aromatic heterocycles. The Morgan fingerprint density at radius 2 is 2.13 bits per heavy atom. The van der Waals surface area contributed by atoms with Crippen LogP contribution in [0.2, 0.25) is 0 Å². The van der Waals surface area contributed by atoms with E-state index in [9.17, 15) is 5.11 Å². The molecule has 84 valence electrons. The maximum Gasteiger partial charge on any atom is 0.163 e. The lowest BCUT2D eigenvalue weighted by Gasteiger charge is -2.17. The molecule has 1 fully saturated rings. The van der Waals surface area contributed by atoms with Gasteiger partial charge in [0.15, 0.2) is 5.75 Å². The van der Waals surface area contributed by atoms with Gasteiger partial charge >= 0.3 is 0 Å². The highest BCUT2D eigenvalue weighted by atomic mass is 16.5. The van der Waals surface area contributed by atoms with Gasteiger partial charge in [0.2, 0.25) is 0 Å². The van der Waals surface area contributed by atoms with Crippen LogP contribution in [0.25, 0.3) is 0 Å². The molecule has 1 N–H and O–H groups in total. The van der Waals surface area contributed by atoms with Crippen molar-refractivity contribution in [2.24, 2.45) is 7.05 Å². The van der Waals surface area contributed by atoms with Crippen molar-refractivity contribution in [2.75, 3.05) is 0 Å². The number of aliphatic hydroxyl groups is 1. The fourth-order valence-corrected chi connectivity index (χ4v) is 2.12. The van der Waals surface area contributed by atoms with Gasteiger partial charge in [0.05, 0.1) is 11.8 Å². The molecule has 4 heteroatoms. The predicted octanol–water partition coefficient (Wildman–Crippen LogP) is 1.33. The summed E-state index contributed by atoms with van der Waals surface area (Å²) in [5.74, 6) is 0.837. The molecular weight excluding hydrogens is 192 g/mol. The van der Waals surface area contributed by atoms with Crippen molar-refractivity contribution in [1.82, 2.24) is 9.78 Å². The third-order valence-corrected chi connectivity index (χ3v) is 3.13. The van der Waals surface area contributed by atoms with E-state index in [2.05, 4.69) is 5.10 Å². The Bertz CT molecular complexity index is 360. The number of hydrogen-bond donors (Lipinski definition) is 1. The molecule has 0 spiro atoms. The summed E-state index contributed by atoms with van der Waals surface area (Å²) >= 11 is 0. The second kappa shape index (κ2) is 3.85. The molecule has 1 aliphatic carbocycles. The molecule has 2 rings (SSSR count). The summed E-state index contributed by atoms with van der Waals surface area (Å²) in [5.41, 5.74) is 1.92. The van der Waals surface area contributed by atoms with Crippen LogP contribution in [0, 0.1) is 13.8 Å². The van der Waals surface area contributed by atoms with Gasteiger partial charge in [0.25, 0.3) is 0 Å². The number of aromatic nitrogens is 2. The van der Waals surface area contributed by atoms with Crippen molar-refractivity contribution in [3.8, 4) is 5.75 Å². The van der Waals surface area contributed by atoms with Crippen LogP contribution in [-0.4, -0.2) is 27.1 Å². The van der Waals surface area contributed by atoms with Gasteiger partial charge < -0.3 is 9.84 Å². The zero-order valence-electron chi connectivity index (χ0n) is 9.53. The molecule has 4 nitrogen and oxygen atoms in total. The van der Waals surface area contributed by atoms with E-state index in [4.69, 9.17) is 4.74 Å². The monoisotopic (exact) mass is 210 g/mol. The van der Waals surface area contributed by atoms with E-state index < -0.39 is 0 Å². The fourth-order valence-electron chi connectivity index (χ4n) is 2.12. The lowest BCUT2D eigenvalue weighted by atomic mass is 10.2. The third-order valence-electron chi connectivity index (χ3n) is 3.13. The standard InChI is InChI=1S/C11H18N2O2/c1-7-11(8(2)13(3)12-7)15-10-6-4-5-9(10)14/h9-10,14H,4-6H2,1-3H3/t9-,10-/m0/s1. The molecule has 0 saturated heterocycles. The lowest BCUT2D eigenvalue weighted by Crippen LogP contribution is -2.26. The number of aliphatic hydroxyl groups excluding tert-OH is 1. The van der Waals surface area contributed by atoms with E-state index in [0.717, 1.165) is 36.4 Å². The van der Waals surface area contributed by atoms with Crippen LogP contribution < -0.4 is 4.74 Å². The van der Waals surface area contributed by atoms with Crippen LogP contribution in [0.3, 0.4) is 0 Å². The largest absolute Gasteiger partial charge is 0.484 e. The highest BCUT2D eigenvalue weighted by Crippen LogP contribution is 2.28. The van der Waals surface area contributed by atoms with Crippen molar-refractivity contribution < 1.29 is 9.84 Å². The molecule has 2 atom stereocenters. The van der Waals surface area contributed by atoms with Gasteiger partial charge in [-0.05, 0) is 33.1 Å². The van der Waals surface area contributed by atoms with Gasteiger partial charge in [-0.25, -0.2) is 0 Å². The smallest absolute Gasteiger partial charge is 0.163 e. The highest BCUT2D eigenvalue weighted by Gasteiger charge is 2.28. The third kappa shape index (κ3) is 1.86. The molecule has 0 radical (unpaired) electrons. The van der Waals surface area contributed by atoms with Gasteiger partial charge in [0, 0.05) is 7.05 Å². The van der Waals surface area contributed by atoms with Crippen molar-refractivity contribution >= 4 is 0 Å². The minimum absolute atomic E-state index is 0.0494. The second-order valence-electron chi connectivity index (χ2n) is 4.28. The number of rotatable bonds is 2. The molecule has 1 aromatic rings. The molecule has 0 aliphatic heterocycles. The van der Waals surface area contributed by atoms with E-state index in [-0.39, 0.29) is 12.2 Å². The van der Waals surface area contributed by atoms with E-state index in [1.165, 1.54) is 0 Å². The first-order valence-electron chi connectivity index (χ1n) is 5.44. The van der Waals surface area contributed by atoms with Crippen LogP contribution >= 0.6 is 0 Å². The van der Waals surface area contributed by atoms with Gasteiger partial charge in [-0.2, -0.15) is 5.10 Å². The SMILES string of the molecule is Cc1nn(C)c(C)c1O[C@H]1CCC[C@@H]1O. The average molecular weight is 210 g/mol. The van der Waals surface area contributed by atoms with E-state index in [1.54, 1.807) is 0 Å². The van der Waals surface area contributed by atoms with Crippen LogP contribution in [-0.2, 0) is 7.05 Å². The van der Waals surface area contributed by atoms with E-state index in [0.29, 0.717) is 0 Å². The molecule has 0 unspecified atom stereocenters. The molecule has 1 heterocycles. The molecule has 1 aliphatic rings. The quantitative estimate of drug-likeness (QED) is 0.801. The summed E-state index contributed by atoms with van der Waals surface area (Å²) in [4.78, 5) is 0. The number of ether oxygens (including phenoxy) is 1. The minimum atomic E-state index is -0.316. The van der Waals surface area contributed by atoms with Gasteiger partial charge in [-0.15, -0.1) is 0 Å². The van der Waals surface area contributed by atoms with E-state index in [1.807, 2.05) is 25.6 Å². The Morgan fingerprint density at radius 3 is 2.60 bits per heavy atom. The maximum absolute atomic E-state index is 9.69. The summed E-state index contributed by atoms with van der Waals surface area (Å²) in [5, 5.41) is 14.0. The highest BCUT2D eigenvalue weighted by molar-refractivity contribution is 5.32. The van der Waals surface area contributed by atoms with Crippen LogP contribution in [0.15, 0.2) is 0 Å². The Morgan fingerprint density at radius 1 is 1.40 bits per heavy atom. The number of aryl methyl sites for hydroxylation is 2. The molecular formula is C11H18N2O2. The number of hydrogen-bond acceptors (Lipinski definition) is 3. The first-order valence-corrected chi connectivity index (χ1v) is 5.44. The second-order valence-corrected chi connectivity index (χ2v) is 4.28. The fraction of sp³-hybridized carbons (Fsp3) is 0.727. The Labute approximate surface area is 89.9 Å². The molecule has 15 heavy (non-hydrogen) atoms. The Balaban J connectivity index is 2.16. The molecule has 0 amide bonds. The van der Waals surface area contributed by atoms with E-state index >= 15 is 0 Å². The minimum Gasteiger partial charge on any atom is -0.484 e. The Kier molecular flexibility index (Phi) is 2.69. The summed E-state index contributed by atoms with van der Waals surface area (Å²) in [7, 11) is 1.90. The van der Waals surface area contributed by atoms with Crippen LogP contribution in [0.4, 0.5) is 0 Å². The molecule has 0 aromatic carbocycles. The summed E-state index contributed by atoms with van der Waals surface area (Å²) in [6.45, 7) is 3.92. The van der Waals surface area contributed by atoms with Crippen molar-refractivity contribution in [1.29, 1.82) is 0 Å². The van der Waals surface area contributed by atoms with Gasteiger partial charge in [-0.1, -0.05) is 0 Å². The zero-order valence-corrected chi connectivity index (χ0v) is 9.53. The Hall–Kier alpha value is -1.03. The predicted molar refractivity (Wildman–Crippen MR) is 57.0 cm³/mol. The maximum atomic E-state index is 9.69. The van der Waals surface area contributed by atoms with Crippen LogP contribution in [0.1, 0.15) is 30.7 Å². The van der Waals surface area contributed by atoms with Crippen molar-refractivity contribution in [3.05, 3.63) is 11.4 Å². The first kappa shape index (κ1) is 10.5. The normalized spacial score (nSPS) is 25.9. The summed E-state index contributed by atoms with van der Waals surface area (Å²) < 4.78 is 7.65. The van der Waals surface area contributed by atoms with Crippen molar-refractivity contribution in [2.45, 2.75) is 45.3 Å². The number of nitrogens with zero attached hydrogens (tertiary/aromatic N) is 2. The topological polar surface area (TPSA) is 47.3 Å². The average Bonchev–Trinajstić information content (AvgIpc) is 2.67. The molecule has 0 bridgehead atoms. The first-order chi connectivity index (χ1) is 7.09. The van der Waals surface area contributed by atoms with Crippen LogP contribution in [0.5, 0.6) is 5.75 Å².